The van der Waals surface area contributed by atoms with Gasteiger partial charge in [-0.3, -0.25) is 4.79 Å². The molecule has 98 valence electrons. The summed E-state index contributed by atoms with van der Waals surface area (Å²) in [6, 6.07) is 7.58. The summed E-state index contributed by atoms with van der Waals surface area (Å²) in [5, 5.41) is 0. The number of piperidine rings is 1. The molecule has 1 aromatic rings. The third-order valence-electron chi connectivity index (χ3n) is 3.12. The van der Waals surface area contributed by atoms with E-state index in [2.05, 4.69) is 15.9 Å². The van der Waals surface area contributed by atoms with E-state index in [0.29, 0.717) is 0 Å². The summed E-state index contributed by atoms with van der Waals surface area (Å²) in [4.78, 5) is 14.1. The molecule has 0 aliphatic carbocycles. The Morgan fingerprint density at radius 2 is 2.06 bits per heavy atom. The largest absolute Gasteiger partial charge is 0.481 e. The van der Waals surface area contributed by atoms with Crippen LogP contribution in [0.15, 0.2) is 28.7 Å². The van der Waals surface area contributed by atoms with E-state index >= 15 is 0 Å². The first-order valence-corrected chi connectivity index (χ1v) is 7.17. The van der Waals surface area contributed by atoms with Crippen molar-refractivity contribution in [2.45, 2.75) is 32.3 Å². The van der Waals surface area contributed by atoms with Gasteiger partial charge in [0.2, 0.25) is 0 Å². The third kappa shape index (κ3) is 3.48. The second-order valence-corrected chi connectivity index (χ2v) is 5.52. The number of rotatable bonds is 3. The zero-order chi connectivity index (χ0) is 13.0. The Labute approximate surface area is 116 Å². The second-order valence-electron chi connectivity index (χ2n) is 4.60. The summed E-state index contributed by atoms with van der Waals surface area (Å²) in [5.41, 5.74) is 0. The van der Waals surface area contributed by atoms with Gasteiger partial charge in [0.1, 0.15) is 5.75 Å². The highest BCUT2D eigenvalue weighted by atomic mass is 79.9. The standard InChI is InChI=1S/C14H18BrNO2/c1-11(14(17)16-8-3-2-4-9-16)18-13-7-5-6-12(15)10-13/h5-7,10-11H,2-4,8-9H2,1H3. The number of amides is 1. The van der Waals surface area contributed by atoms with Crippen molar-refractivity contribution in [2.24, 2.45) is 0 Å². The molecular formula is C14H18BrNO2. The first kappa shape index (κ1) is 13.4. The fourth-order valence-electron chi connectivity index (χ4n) is 2.17. The first-order valence-electron chi connectivity index (χ1n) is 6.38. The molecule has 18 heavy (non-hydrogen) atoms. The van der Waals surface area contributed by atoms with Crippen LogP contribution in [0.5, 0.6) is 5.75 Å². The Morgan fingerprint density at radius 3 is 2.72 bits per heavy atom. The molecule has 1 fully saturated rings. The van der Waals surface area contributed by atoms with Gasteiger partial charge in [-0.15, -0.1) is 0 Å². The van der Waals surface area contributed by atoms with Crippen LogP contribution in [0.1, 0.15) is 26.2 Å². The fraction of sp³-hybridized carbons (Fsp3) is 0.500. The number of carbonyl (C=O) groups excluding carboxylic acids is 1. The Kier molecular flexibility index (Phi) is 4.64. The van der Waals surface area contributed by atoms with E-state index in [0.717, 1.165) is 36.2 Å². The maximum Gasteiger partial charge on any atom is 0.263 e. The minimum atomic E-state index is -0.419. The van der Waals surface area contributed by atoms with Gasteiger partial charge in [0, 0.05) is 17.6 Å². The Balaban J connectivity index is 1.94. The van der Waals surface area contributed by atoms with Gasteiger partial charge in [0.15, 0.2) is 6.10 Å². The van der Waals surface area contributed by atoms with Crippen LogP contribution < -0.4 is 4.74 Å². The van der Waals surface area contributed by atoms with Crippen molar-refractivity contribution in [2.75, 3.05) is 13.1 Å². The van der Waals surface area contributed by atoms with E-state index in [1.54, 1.807) is 0 Å². The lowest BCUT2D eigenvalue weighted by atomic mass is 10.1. The molecule has 0 spiro atoms. The Morgan fingerprint density at radius 1 is 1.33 bits per heavy atom. The van der Waals surface area contributed by atoms with Crippen molar-refractivity contribution in [1.82, 2.24) is 4.90 Å². The quantitative estimate of drug-likeness (QED) is 0.857. The predicted octanol–water partition coefficient (Wildman–Crippen LogP) is 3.23. The molecule has 1 heterocycles. The maximum absolute atomic E-state index is 12.2. The summed E-state index contributed by atoms with van der Waals surface area (Å²) >= 11 is 3.39. The molecule has 0 radical (unpaired) electrons. The predicted molar refractivity (Wildman–Crippen MR) is 74.7 cm³/mol. The number of carbonyl (C=O) groups is 1. The molecule has 0 bridgehead atoms. The van der Waals surface area contributed by atoms with Crippen LogP contribution in [0.25, 0.3) is 0 Å². The van der Waals surface area contributed by atoms with Crippen molar-refractivity contribution < 1.29 is 9.53 Å². The van der Waals surface area contributed by atoms with E-state index in [9.17, 15) is 4.79 Å². The summed E-state index contributed by atoms with van der Waals surface area (Å²) in [7, 11) is 0. The summed E-state index contributed by atoms with van der Waals surface area (Å²) in [6.45, 7) is 3.55. The number of likely N-dealkylation sites (tertiary alicyclic amines) is 1. The van der Waals surface area contributed by atoms with E-state index in [1.165, 1.54) is 6.42 Å². The number of nitrogens with zero attached hydrogens (tertiary/aromatic N) is 1. The van der Waals surface area contributed by atoms with Crippen LogP contribution in [0, 0.1) is 0 Å². The van der Waals surface area contributed by atoms with Crippen molar-refractivity contribution in [1.29, 1.82) is 0 Å². The maximum atomic E-state index is 12.2. The van der Waals surface area contributed by atoms with Crippen LogP contribution in [0.4, 0.5) is 0 Å². The van der Waals surface area contributed by atoms with Crippen molar-refractivity contribution >= 4 is 21.8 Å². The molecule has 4 heteroatoms. The third-order valence-corrected chi connectivity index (χ3v) is 3.62. The fourth-order valence-corrected chi connectivity index (χ4v) is 2.54. The molecule has 1 atom stereocenters. The summed E-state index contributed by atoms with van der Waals surface area (Å²) in [6.07, 6.45) is 3.02. The van der Waals surface area contributed by atoms with E-state index in [4.69, 9.17) is 4.74 Å². The average molecular weight is 312 g/mol. The van der Waals surface area contributed by atoms with Crippen LogP contribution in [-0.4, -0.2) is 30.0 Å². The number of hydrogen-bond donors (Lipinski definition) is 0. The van der Waals surface area contributed by atoms with Gasteiger partial charge in [-0.2, -0.15) is 0 Å². The van der Waals surface area contributed by atoms with Gasteiger partial charge < -0.3 is 9.64 Å². The van der Waals surface area contributed by atoms with Gasteiger partial charge >= 0.3 is 0 Å². The van der Waals surface area contributed by atoms with Crippen molar-refractivity contribution in [3.05, 3.63) is 28.7 Å². The number of benzene rings is 1. The SMILES string of the molecule is CC(Oc1cccc(Br)c1)C(=O)N1CCCCC1. The van der Waals surface area contributed by atoms with Gasteiger partial charge in [-0.05, 0) is 44.4 Å². The minimum Gasteiger partial charge on any atom is -0.481 e. The zero-order valence-corrected chi connectivity index (χ0v) is 12.1. The van der Waals surface area contributed by atoms with Gasteiger partial charge in [0.05, 0.1) is 0 Å². The second kappa shape index (κ2) is 6.23. The van der Waals surface area contributed by atoms with Crippen molar-refractivity contribution in [3.8, 4) is 5.75 Å². The van der Waals surface area contributed by atoms with E-state index < -0.39 is 6.10 Å². The average Bonchev–Trinajstić information content (AvgIpc) is 2.39. The lowest BCUT2D eigenvalue weighted by Crippen LogP contribution is -2.43. The monoisotopic (exact) mass is 311 g/mol. The zero-order valence-electron chi connectivity index (χ0n) is 10.6. The summed E-state index contributed by atoms with van der Waals surface area (Å²) < 4.78 is 6.65. The summed E-state index contributed by atoms with van der Waals surface area (Å²) in [5.74, 6) is 0.817. The number of ether oxygens (including phenoxy) is 1. The normalized spacial score (nSPS) is 17.3. The topological polar surface area (TPSA) is 29.5 Å². The number of halogens is 1. The molecule has 0 aromatic heterocycles. The minimum absolute atomic E-state index is 0.0923. The molecule has 0 N–H and O–H groups in total. The molecule has 1 aliphatic heterocycles. The van der Waals surface area contributed by atoms with Crippen LogP contribution in [-0.2, 0) is 4.79 Å². The van der Waals surface area contributed by atoms with Gasteiger partial charge in [-0.25, -0.2) is 0 Å². The van der Waals surface area contributed by atoms with Crippen LogP contribution in [0.3, 0.4) is 0 Å². The molecule has 1 aliphatic rings. The van der Waals surface area contributed by atoms with Crippen molar-refractivity contribution in [3.63, 3.8) is 0 Å². The van der Waals surface area contributed by atoms with Crippen LogP contribution in [0.2, 0.25) is 0 Å². The molecule has 1 aromatic carbocycles. The van der Waals surface area contributed by atoms with Crippen LogP contribution >= 0.6 is 15.9 Å². The lowest BCUT2D eigenvalue weighted by Gasteiger charge is -2.29. The Hall–Kier alpha value is -1.03. The molecule has 1 unspecified atom stereocenters. The highest BCUT2D eigenvalue weighted by molar-refractivity contribution is 9.10. The highest BCUT2D eigenvalue weighted by Gasteiger charge is 2.23. The van der Waals surface area contributed by atoms with E-state index in [1.807, 2.05) is 36.1 Å². The first-order chi connectivity index (χ1) is 8.66. The molecule has 2 rings (SSSR count). The molecular weight excluding hydrogens is 294 g/mol. The van der Waals surface area contributed by atoms with Gasteiger partial charge in [-0.1, -0.05) is 22.0 Å². The molecule has 1 saturated heterocycles. The highest BCUT2D eigenvalue weighted by Crippen LogP contribution is 2.20. The van der Waals surface area contributed by atoms with Gasteiger partial charge in [0.25, 0.3) is 5.91 Å². The molecule has 1 amide bonds. The number of hydrogen-bond acceptors (Lipinski definition) is 2. The lowest BCUT2D eigenvalue weighted by molar-refractivity contribution is -0.138. The van der Waals surface area contributed by atoms with E-state index in [-0.39, 0.29) is 5.91 Å². The molecule has 3 nitrogen and oxygen atoms in total. The smallest absolute Gasteiger partial charge is 0.263 e. The Bertz CT molecular complexity index is 416. The molecule has 0 saturated carbocycles.